The van der Waals surface area contributed by atoms with Crippen molar-refractivity contribution in [2.45, 2.75) is 26.7 Å². The Labute approximate surface area is 125 Å². The average molecular weight is 286 g/mol. The Morgan fingerprint density at radius 2 is 1.90 bits per heavy atom. The van der Waals surface area contributed by atoms with E-state index in [0.717, 1.165) is 23.6 Å². The molecular formula is C18H22O3. The van der Waals surface area contributed by atoms with Crippen LogP contribution in [0, 0.1) is 5.92 Å². The van der Waals surface area contributed by atoms with Gasteiger partial charge in [-0.25, -0.2) is 4.79 Å². The summed E-state index contributed by atoms with van der Waals surface area (Å²) in [5, 5.41) is 2.25. The van der Waals surface area contributed by atoms with E-state index in [4.69, 9.17) is 9.47 Å². The van der Waals surface area contributed by atoms with Crippen molar-refractivity contribution in [1.82, 2.24) is 0 Å². The molecule has 21 heavy (non-hydrogen) atoms. The zero-order valence-electron chi connectivity index (χ0n) is 12.7. The van der Waals surface area contributed by atoms with E-state index in [-0.39, 0.29) is 12.6 Å². The van der Waals surface area contributed by atoms with Gasteiger partial charge >= 0.3 is 5.97 Å². The summed E-state index contributed by atoms with van der Waals surface area (Å²) in [4.78, 5) is 11.6. The van der Waals surface area contributed by atoms with Gasteiger partial charge in [-0.1, -0.05) is 50.6 Å². The minimum Gasteiger partial charge on any atom is -0.482 e. The number of hydrogen-bond donors (Lipinski definition) is 0. The number of carbonyl (C=O) groups excluding carboxylic acids is 1. The average Bonchev–Trinajstić information content (AvgIpc) is 2.51. The molecule has 0 radical (unpaired) electrons. The van der Waals surface area contributed by atoms with Gasteiger partial charge in [0, 0.05) is 0 Å². The first-order chi connectivity index (χ1) is 10.2. The van der Waals surface area contributed by atoms with Crippen molar-refractivity contribution in [2.24, 2.45) is 5.92 Å². The summed E-state index contributed by atoms with van der Waals surface area (Å²) in [6, 6.07) is 13.8. The lowest BCUT2D eigenvalue weighted by atomic mass is 10.1. The predicted molar refractivity (Wildman–Crippen MR) is 84.5 cm³/mol. The summed E-state index contributed by atoms with van der Waals surface area (Å²) in [5.41, 5.74) is 0. The van der Waals surface area contributed by atoms with Gasteiger partial charge in [0.15, 0.2) is 6.61 Å². The third-order valence-electron chi connectivity index (χ3n) is 3.39. The number of esters is 1. The third kappa shape index (κ3) is 4.78. The quantitative estimate of drug-likeness (QED) is 0.716. The third-order valence-corrected chi connectivity index (χ3v) is 3.39. The van der Waals surface area contributed by atoms with Crippen LogP contribution in [0.2, 0.25) is 0 Å². The van der Waals surface area contributed by atoms with Gasteiger partial charge in [-0.15, -0.1) is 0 Å². The molecule has 0 N–H and O–H groups in total. The van der Waals surface area contributed by atoms with E-state index in [1.807, 2.05) is 42.5 Å². The first-order valence-electron chi connectivity index (χ1n) is 7.46. The minimum atomic E-state index is -0.314. The molecule has 1 atom stereocenters. The SMILES string of the molecule is CCCC(C)COC(=O)COc1ccc2ccccc2c1. The molecule has 0 fully saturated rings. The van der Waals surface area contributed by atoms with Crippen LogP contribution in [-0.2, 0) is 9.53 Å². The zero-order valence-corrected chi connectivity index (χ0v) is 12.7. The van der Waals surface area contributed by atoms with E-state index in [1.54, 1.807) is 0 Å². The lowest BCUT2D eigenvalue weighted by Gasteiger charge is -2.11. The highest BCUT2D eigenvalue weighted by Crippen LogP contribution is 2.20. The number of fused-ring (bicyclic) bond motifs is 1. The number of rotatable bonds is 7. The largest absolute Gasteiger partial charge is 0.482 e. The lowest BCUT2D eigenvalue weighted by Crippen LogP contribution is -2.18. The Bertz CT molecular complexity index is 592. The molecule has 0 aliphatic carbocycles. The summed E-state index contributed by atoms with van der Waals surface area (Å²) >= 11 is 0. The minimum absolute atomic E-state index is 0.0445. The number of hydrogen-bond acceptors (Lipinski definition) is 3. The second kappa shape index (κ2) is 7.67. The van der Waals surface area contributed by atoms with Gasteiger partial charge in [-0.05, 0) is 35.2 Å². The molecule has 0 aliphatic heterocycles. The molecule has 1 unspecified atom stereocenters. The fourth-order valence-corrected chi connectivity index (χ4v) is 2.25. The highest BCUT2D eigenvalue weighted by atomic mass is 16.6. The Balaban J connectivity index is 1.82. The van der Waals surface area contributed by atoms with E-state index in [2.05, 4.69) is 13.8 Å². The Hall–Kier alpha value is -2.03. The second-order valence-electron chi connectivity index (χ2n) is 5.37. The van der Waals surface area contributed by atoms with Crippen LogP contribution in [0.4, 0.5) is 0 Å². The molecule has 112 valence electrons. The molecule has 0 saturated heterocycles. The van der Waals surface area contributed by atoms with E-state index in [1.165, 1.54) is 0 Å². The van der Waals surface area contributed by atoms with Crippen LogP contribution in [0.3, 0.4) is 0 Å². The maximum Gasteiger partial charge on any atom is 0.344 e. The second-order valence-corrected chi connectivity index (χ2v) is 5.37. The van der Waals surface area contributed by atoms with Crippen LogP contribution in [0.25, 0.3) is 10.8 Å². The maximum absolute atomic E-state index is 11.6. The first-order valence-corrected chi connectivity index (χ1v) is 7.46. The summed E-state index contributed by atoms with van der Waals surface area (Å²) in [6.45, 7) is 4.63. The van der Waals surface area contributed by atoms with Crippen molar-refractivity contribution in [3.63, 3.8) is 0 Å². The Kier molecular flexibility index (Phi) is 5.61. The van der Waals surface area contributed by atoms with E-state index in [9.17, 15) is 4.79 Å². The van der Waals surface area contributed by atoms with Gasteiger partial charge in [0.2, 0.25) is 0 Å². The van der Waals surface area contributed by atoms with Gasteiger partial charge < -0.3 is 9.47 Å². The zero-order chi connectivity index (χ0) is 15.1. The molecule has 0 saturated carbocycles. The molecule has 0 bridgehead atoms. The molecule has 2 aromatic rings. The Morgan fingerprint density at radius 1 is 1.14 bits per heavy atom. The normalized spacial score (nSPS) is 12.1. The van der Waals surface area contributed by atoms with E-state index >= 15 is 0 Å². The fraction of sp³-hybridized carbons (Fsp3) is 0.389. The monoisotopic (exact) mass is 286 g/mol. The van der Waals surface area contributed by atoms with Gasteiger partial charge in [-0.3, -0.25) is 0 Å². The molecule has 0 spiro atoms. The summed E-state index contributed by atoms with van der Waals surface area (Å²) < 4.78 is 10.7. The lowest BCUT2D eigenvalue weighted by molar-refractivity contribution is -0.147. The van der Waals surface area contributed by atoms with Crippen molar-refractivity contribution >= 4 is 16.7 Å². The van der Waals surface area contributed by atoms with Crippen LogP contribution in [0.1, 0.15) is 26.7 Å². The van der Waals surface area contributed by atoms with Crippen LogP contribution >= 0.6 is 0 Å². The molecule has 3 heteroatoms. The van der Waals surface area contributed by atoms with E-state index in [0.29, 0.717) is 18.3 Å². The topological polar surface area (TPSA) is 35.5 Å². The number of benzene rings is 2. The van der Waals surface area contributed by atoms with E-state index < -0.39 is 0 Å². The molecule has 0 heterocycles. The number of carbonyl (C=O) groups is 1. The molecule has 2 aromatic carbocycles. The van der Waals surface area contributed by atoms with Gasteiger partial charge in [0.1, 0.15) is 5.75 Å². The fourth-order valence-electron chi connectivity index (χ4n) is 2.25. The molecular weight excluding hydrogens is 264 g/mol. The van der Waals surface area contributed by atoms with Crippen molar-refractivity contribution in [1.29, 1.82) is 0 Å². The van der Waals surface area contributed by atoms with Crippen LogP contribution in [0.5, 0.6) is 5.75 Å². The Morgan fingerprint density at radius 3 is 2.67 bits per heavy atom. The number of ether oxygens (including phenoxy) is 2. The van der Waals surface area contributed by atoms with Crippen LogP contribution in [0.15, 0.2) is 42.5 Å². The van der Waals surface area contributed by atoms with Crippen LogP contribution < -0.4 is 4.74 Å². The summed E-state index contributed by atoms with van der Waals surface area (Å²) in [5.74, 6) is 0.776. The maximum atomic E-state index is 11.6. The first kappa shape index (κ1) is 15.4. The molecule has 0 amide bonds. The summed E-state index contributed by atoms with van der Waals surface area (Å²) in [7, 11) is 0. The molecule has 2 rings (SSSR count). The molecule has 0 aromatic heterocycles. The van der Waals surface area contributed by atoms with Gasteiger partial charge in [0.05, 0.1) is 6.61 Å². The molecule has 3 nitrogen and oxygen atoms in total. The van der Waals surface area contributed by atoms with Gasteiger partial charge in [-0.2, -0.15) is 0 Å². The smallest absolute Gasteiger partial charge is 0.344 e. The summed E-state index contributed by atoms with van der Waals surface area (Å²) in [6.07, 6.45) is 2.17. The predicted octanol–water partition coefficient (Wildman–Crippen LogP) is 4.20. The van der Waals surface area contributed by atoms with Crippen molar-refractivity contribution in [3.05, 3.63) is 42.5 Å². The van der Waals surface area contributed by atoms with Gasteiger partial charge in [0.25, 0.3) is 0 Å². The highest BCUT2D eigenvalue weighted by Gasteiger charge is 2.08. The van der Waals surface area contributed by atoms with Crippen LogP contribution in [-0.4, -0.2) is 19.2 Å². The highest BCUT2D eigenvalue weighted by molar-refractivity contribution is 5.83. The van der Waals surface area contributed by atoms with Crippen molar-refractivity contribution < 1.29 is 14.3 Å². The van der Waals surface area contributed by atoms with Crippen molar-refractivity contribution in [3.8, 4) is 5.75 Å². The standard InChI is InChI=1S/C18H22O3/c1-3-6-14(2)12-21-18(19)13-20-17-10-9-15-7-4-5-8-16(15)11-17/h4-5,7-11,14H,3,6,12-13H2,1-2H3. The molecule has 0 aliphatic rings. The van der Waals surface area contributed by atoms with Crippen molar-refractivity contribution in [2.75, 3.05) is 13.2 Å².